The van der Waals surface area contributed by atoms with Crippen molar-refractivity contribution in [2.45, 2.75) is 12.5 Å². The molecule has 0 fully saturated rings. The number of benzene rings is 3. The van der Waals surface area contributed by atoms with E-state index in [4.69, 9.17) is 0 Å². The Morgan fingerprint density at radius 1 is 0.909 bits per heavy atom. The van der Waals surface area contributed by atoms with Crippen LogP contribution in [0.15, 0.2) is 91.3 Å². The summed E-state index contributed by atoms with van der Waals surface area (Å²) in [5.74, 6) is -1.20. The average Bonchev–Trinajstić information content (AvgIpc) is 3.25. The Balaban J connectivity index is 1.43. The van der Waals surface area contributed by atoms with Crippen LogP contribution in [0.25, 0.3) is 21.9 Å². The number of carbonyl (C=O) groups is 2. The fourth-order valence-corrected chi connectivity index (χ4v) is 3.96. The minimum absolute atomic E-state index is 0.0679. The van der Waals surface area contributed by atoms with Crippen LogP contribution in [0.4, 0.5) is 5.69 Å². The number of aliphatic carboxylic acids is 1. The van der Waals surface area contributed by atoms with Gasteiger partial charge in [0.05, 0.1) is 35.3 Å². The van der Waals surface area contributed by atoms with E-state index >= 15 is 0 Å². The van der Waals surface area contributed by atoms with Crippen LogP contribution in [0.1, 0.15) is 28.5 Å². The highest BCUT2D eigenvalue weighted by atomic mass is 16.4. The highest BCUT2D eigenvalue weighted by Crippen LogP contribution is 2.28. The van der Waals surface area contributed by atoms with Gasteiger partial charge in [-0.2, -0.15) is 0 Å². The number of aromatic nitrogens is 3. The number of hydrogen-bond acceptors (Lipinski definition) is 4. The number of carboxylic acids is 1. The van der Waals surface area contributed by atoms with Crippen LogP contribution in [0.2, 0.25) is 0 Å². The number of anilines is 1. The molecule has 1 atom stereocenters. The van der Waals surface area contributed by atoms with Gasteiger partial charge in [-0.1, -0.05) is 54.6 Å². The molecule has 7 nitrogen and oxygen atoms in total. The minimum Gasteiger partial charge on any atom is -0.481 e. The molecule has 2 aromatic heterocycles. The van der Waals surface area contributed by atoms with Gasteiger partial charge in [-0.15, -0.1) is 0 Å². The molecule has 3 aromatic carbocycles. The van der Waals surface area contributed by atoms with E-state index in [0.717, 1.165) is 22.0 Å². The highest BCUT2D eigenvalue weighted by Gasteiger charge is 2.20. The number of hydrogen-bond donors (Lipinski definition) is 2. The van der Waals surface area contributed by atoms with E-state index in [1.807, 2.05) is 71.3 Å². The first-order valence-electron chi connectivity index (χ1n) is 10.5. The summed E-state index contributed by atoms with van der Waals surface area (Å²) in [7, 11) is 0. The van der Waals surface area contributed by atoms with Crippen LogP contribution in [-0.2, 0) is 4.79 Å². The molecule has 5 rings (SSSR count). The van der Waals surface area contributed by atoms with Gasteiger partial charge in [0.25, 0.3) is 5.91 Å². The van der Waals surface area contributed by atoms with Gasteiger partial charge in [-0.3, -0.25) is 9.59 Å². The van der Waals surface area contributed by atoms with Gasteiger partial charge in [-0.05, 0) is 35.9 Å². The summed E-state index contributed by atoms with van der Waals surface area (Å²) in [5.41, 5.74) is 3.99. The average molecular weight is 436 g/mol. The number of nitrogens with one attached hydrogen (secondary N) is 1. The normalized spacial score (nSPS) is 12.0. The molecular weight excluding hydrogens is 416 g/mol. The van der Waals surface area contributed by atoms with E-state index in [1.54, 1.807) is 24.5 Å². The third-order valence-electron chi connectivity index (χ3n) is 5.55. The second kappa shape index (κ2) is 8.55. The van der Waals surface area contributed by atoms with Crippen LogP contribution in [0, 0.1) is 0 Å². The number of amides is 1. The Morgan fingerprint density at radius 3 is 2.52 bits per heavy atom. The molecule has 1 amide bonds. The van der Waals surface area contributed by atoms with Crippen LogP contribution in [-0.4, -0.2) is 31.5 Å². The molecule has 0 aliphatic heterocycles. The van der Waals surface area contributed by atoms with Gasteiger partial charge in [0, 0.05) is 11.1 Å². The Morgan fingerprint density at radius 2 is 1.70 bits per heavy atom. The Bertz CT molecular complexity index is 1480. The lowest BCUT2D eigenvalue weighted by Gasteiger charge is -2.18. The molecule has 162 valence electrons. The molecular formula is C26H20N4O3. The van der Waals surface area contributed by atoms with Crippen LogP contribution in [0.3, 0.4) is 0 Å². The molecule has 2 heterocycles. The van der Waals surface area contributed by atoms with Crippen LogP contribution < -0.4 is 5.32 Å². The highest BCUT2D eigenvalue weighted by molar-refractivity contribution is 6.04. The molecule has 0 bridgehead atoms. The lowest BCUT2D eigenvalue weighted by atomic mass is 10.0. The van der Waals surface area contributed by atoms with E-state index in [9.17, 15) is 14.7 Å². The van der Waals surface area contributed by atoms with Crippen molar-refractivity contribution in [2.24, 2.45) is 0 Å². The third-order valence-corrected chi connectivity index (χ3v) is 5.55. The first-order valence-corrected chi connectivity index (χ1v) is 10.5. The maximum Gasteiger partial charge on any atom is 0.305 e. The maximum absolute atomic E-state index is 12.7. The summed E-state index contributed by atoms with van der Waals surface area (Å²) in [5, 5.41) is 13.3. The molecule has 0 aliphatic rings. The summed E-state index contributed by atoms with van der Waals surface area (Å²) >= 11 is 0. The molecule has 2 N–H and O–H groups in total. The molecule has 33 heavy (non-hydrogen) atoms. The molecule has 0 aliphatic carbocycles. The number of pyridine rings is 1. The number of para-hydroxylation sites is 1. The Labute approximate surface area is 189 Å². The van der Waals surface area contributed by atoms with E-state index < -0.39 is 12.0 Å². The van der Waals surface area contributed by atoms with Gasteiger partial charge < -0.3 is 15.0 Å². The van der Waals surface area contributed by atoms with Crippen molar-refractivity contribution in [3.8, 4) is 0 Å². The smallest absolute Gasteiger partial charge is 0.305 e. The third kappa shape index (κ3) is 4.16. The topological polar surface area (TPSA) is 97.1 Å². The number of rotatable bonds is 6. The number of carbonyl (C=O) groups excluding carboxylic acids is 1. The van der Waals surface area contributed by atoms with E-state index in [0.29, 0.717) is 16.9 Å². The minimum atomic E-state index is -0.891. The summed E-state index contributed by atoms with van der Waals surface area (Å²) in [6.07, 6.45) is 1.57. The number of carboxylic acid groups (broad SMARTS) is 1. The summed E-state index contributed by atoms with van der Waals surface area (Å²) < 4.78 is 1.86. The zero-order valence-electron chi connectivity index (χ0n) is 17.6. The zero-order valence-corrected chi connectivity index (χ0v) is 17.6. The number of imidazole rings is 1. The van der Waals surface area contributed by atoms with Crippen molar-refractivity contribution in [1.82, 2.24) is 14.5 Å². The second-order valence-electron chi connectivity index (χ2n) is 7.72. The first kappa shape index (κ1) is 20.4. The van der Waals surface area contributed by atoms with Gasteiger partial charge in [0.1, 0.15) is 5.69 Å². The van der Waals surface area contributed by atoms with Crippen molar-refractivity contribution >= 4 is 39.5 Å². The van der Waals surface area contributed by atoms with Gasteiger partial charge in [0.15, 0.2) is 0 Å². The maximum atomic E-state index is 12.7. The quantitative estimate of drug-likeness (QED) is 0.395. The van der Waals surface area contributed by atoms with Gasteiger partial charge in [0.2, 0.25) is 0 Å². The lowest BCUT2D eigenvalue weighted by Crippen LogP contribution is -2.15. The zero-order chi connectivity index (χ0) is 22.8. The molecule has 0 radical (unpaired) electrons. The molecule has 1 unspecified atom stereocenters. The summed E-state index contributed by atoms with van der Waals surface area (Å²) in [4.78, 5) is 33.2. The first-order chi connectivity index (χ1) is 16.1. The predicted octanol–water partition coefficient (Wildman–Crippen LogP) is 4.90. The van der Waals surface area contributed by atoms with Crippen molar-refractivity contribution in [3.63, 3.8) is 0 Å². The van der Waals surface area contributed by atoms with Gasteiger partial charge >= 0.3 is 5.97 Å². The standard InChI is InChI=1S/C26H20N4O3/c31-25(32)15-24(18-7-2-1-3-8-18)30-16-27-22-14-19(11-13-23(22)30)28-26(33)21-12-10-17-6-4-5-9-20(17)29-21/h1-14,16,24H,15H2,(H,28,33)(H,31,32). The predicted molar refractivity (Wildman–Crippen MR) is 126 cm³/mol. The van der Waals surface area contributed by atoms with Crippen LogP contribution >= 0.6 is 0 Å². The van der Waals surface area contributed by atoms with Gasteiger partial charge in [-0.25, -0.2) is 9.97 Å². The molecule has 7 heteroatoms. The van der Waals surface area contributed by atoms with Crippen molar-refractivity contribution in [2.75, 3.05) is 5.32 Å². The van der Waals surface area contributed by atoms with E-state index in [1.165, 1.54) is 0 Å². The molecule has 0 spiro atoms. The van der Waals surface area contributed by atoms with Crippen molar-refractivity contribution in [3.05, 3.63) is 103 Å². The Hall–Kier alpha value is -4.52. The molecule has 0 saturated carbocycles. The number of nitrogens with zero attached hydrogens (tertiary/aromatic N) is 3. The lowest BCUT2D eigenvalue weighted by molar-refractivity contribution is -0.137. The van der Waals surface area contributed by atoms with E-state index in [-0.39, 0.29) is 12.3 Å². The SMILES string of the molecule is O=C(O)CC(c1ccccc1)n1cnc2cc(NC(=O)c3ccc4ccccc4n3)ccc21. The summed E-state index contributed by atoms with van der Waals surface area (Å²) in [6, 6.07) is 25.7. The monoisotopic (exact) mass is 436 g/mol. The second-order valence-corrected chi connectivity index (χ2v) is 7.72. The molecule has 0 saturated heterocycles. The van der Waals surface area contributed by atoms with Crippen molar-refractivity contribution in [1.29, 1.82) is 0 Å². The van der Waals surface area contributed by atoms with Crippen molar-refractivity contribution < 1.29 is 14.7 Å². The fraction of sp³-hybridized carbons (Fsp3) is 0.0769. The van der Waals surface area contributed by atoms with E-state index in [2.05, 4.69) is 15.3 Å². The van der Waals surface area contributed by atoms with Crippen LogP contribution in [0.5, 0.6) is 0 Å². The Kier molecular flexibility index (Phi) is 5.28. The summed E-state index contributed by atoms with van der Waals surface area (Å²) in [6.45, 7) is 0. The fourth-order valence-electron chi connectivity index (χ4n) is 3.96. The largest absolute Gasteiger partial charge is 0.481 e. The number of fused-ring (bicyclic) bond motifs is 2. The molecule has 5 aromatic rings.